The van der Waals surface area contributed by atoms with E-state index in [2.05, 4.69) is 18.4 Å². The molecule has 0 bridgehead atoms. The van der Waals surface area contributed by atoms with Gasteiger partial charge in [-0.1, -0.05) is 5.57 Å². The van der Waals surface area contributed by atoms with Crippen molar-refractivity contribution < 1.29 is 9.53 Å². The van der Waals surface area contributed by atoms with Gasteiger partial charge in [0.25, 0.3) is 0 Å². The van der Waals surface area contributed by atoms with Crippen molar-refractivity contribution in [1.29, 1.82) is 0 Å². The Bertz CT molecular complexity index is 230. The number of ether oxygens (including phenoxy) is 1. The molecule has 0 aromatic rings. The molecule has 0 N–H and O–H groups in total. The van der Waals surface area contributed by atoms with E-state index >= 15 is 0 Å². The second kappa shape index (κ2) is 5.91. The highest BCUT2D eigenvalue weighted by molar-refractivity contribution is 5.72. The molecule has 1 heterocycles. The molecule has 1 aliphatic rings. The Labute approximate surface area is 92.1 Å². The summed E-state index contributed by atoms with van der Waals surface area (Å²) in [4.78, 5) is 13.7. The van der Waals surface area contributed by atoms with Crippen LogP contribution in [0, 0.1) is 5.92 Å². The third-order valence-electron chi connectivity index (χ3n) is 2.98. The third-order valence-corrected chi connectivity index (χ3v) is 2.98. The Kier molecular flexibility index (Phi) is 4.82. The standard InChI is InChI=1S/C12H21NO2/c1-10(2)4-7-13-8-5-11(6-9-13)12(14)15-3/h11H,1,4-9H2,2-3H3. The van der Waals surface area contributed by atoms with E-state index < -0.39 is 0 Å². The smallest absolute Gasteiger partial charge is 0.308 e. The van der Waals surface area contributed by atoms with Crippen molar-refractivity contribution in [2.75, 3.05) is 26.7 Å². The van der Waals surface area contributed by atoms with Crippen LogP contribution < -0.4 is 0 Å². The van der Waals surface area contributed by atoms with E-state index in [-0.39, 0.29) is 11.9 Å². The van der Waals surface area contributed by atoms with Crippen molar-refractivity contribution in [2.45, 2.75) is 26.2 Å². The monoisotopic (exact) mass is 211 g/mol. The number of carbonyl (C=O) groups excluding carboxylic acids is 1. The second-order valence-corrected chi connectivity index (χ2v) is 4.35. The number of esters is 1. The summed E-state index contributed by atoms with van der Waals surface area (Å²) in [5.41, 5.74) is 1.23. The molecule has 0 aliphatic carbocycles. The van der Waals surface area contributed by atoms with Crippen LogP contribution in [0.2, 0.25) is 0 Å². The van der Waals surface area contributed by atoms with Gasteiger partial charge in [-0.2, -0.15) is 0 Å². The number of hydrogen-bond donors (Lipinski definition) is 0. The quantitative estimate of drug-likeness (QED) is 0.525. The summed E-state index contributed by atoms with van der Waals surface area (Å²) in [6.45, 7) is 9.04. The molecule has 0 aromatic heterocycles. The maximum atomic E-state index is 11.3. The molecule has 0 amide bonds. The third kappa shape index (κ3) is 4.04. The van der Waals surface area contributed by atoms with Crippen molar-refractivity contribution >= 4 is 5.97 Å². The zero-order chi connectivity index (χ0) is 11.3. The Morgan fingerprint density at radius 1 is 1.47 bits per heavy atom. The molecule has 0 atom stereocenters. The summed E-state index contributed by atoms with van der Waals surface area (Å²) in [5, 5.41) is 0. The van der Waals surface area contributed by atoms with Gasteiger partial charge in [0.1, 0.15) is 0 Å². The van der Waals surface area contributed by atoms with Gasteiger partial charge in [0.05, 0.1) is 13.0 Å². The molecule has 1 saturated heterocycles. The van der Waals surface area contributed by atoms with Crippen molar-refractivity contribution in [3.8, 4) is 0 Å². The number of nitrogens with zero attached hydrogens (tertiary/aromatic N) is 1. The lowest BCUT2D eigenvalue weighted by Crippen LogP contribution is -2.37. The van der Waals surface area contributed by atoms with E-state index in [1.54, 1.807) is 0 Å². The second-order valence-electron chi connectivity index (χ2n) is 4.35. The average Bonchev–Trinajstić information content (AvgIpc) is 2.26. The van der Waals surface area contributed by atoms with Crippen LogP contribution in [0.25, 0.3) is 0 Å². The summed E-state index contributed by atoms with van der Waals surface area (Å²) < 4.78 is 4.75. The average molecular weight is 211 g/mol. The lowest BCUT2D eigenvalue weighted by Gasteiger charge is -2.30. The fourth-order valence-electron chi connectivity index (χ4n) is 1.91. The van der Waals surface area contributed by atoms with Crippen LogP contribution in [0.15, 0.2) is 12.2 Å². The molecule has 1 aliphatic heterocycles. The van der Waals surface area contributed by atoms with Crippen LogP contribution in [0.3, 0.4) is 0 Å². The Hall–Kier alpha value is -0.830. The highest BCUT2D eigenvalue weighted by atomic mass is 16.5. The largest absolute Gasteiger partial charge is 0.469 e. The first-order valence-corrected chi connectivity index (χ1v) is 5.58. The van der Waals surface area contributed by atoms with Crippen molar-refractivity contribution in [3.63, 3.8) is 0 Å². The number of rotatable bonds is 4. The Balaban J connectivity index is 2.23. The molecule has 1 rings (SSSR count). The van der Waals surface area contributed by atoms with Crippen molar-refractivity contribution in [2.24, 2.45) is 5.92 Å². The minimum absolute atomic E-state index is 0.0467. The van der Waals surface area contributed by atoms with Gasteiger partial charge in [0.15, 0.2) is 0 Å². The summed E-state index contributed by atoms with van der Waals surface area (Å²) in [6.07, 6.45) is 2.93. The maximum Gasteiger partial charge on any atom is 0.308 e. The summed E-state index contributed by atoms with van der Waals surface area (Å²) in [6, 6.07) is 0. The van der Waals surface area contributed by atoms with Gasteiger partial charge in [-0.15, -0.1) is 6.58 Å². The first-order chi connectivity index (χ1) is 7.13. The zero-order valence-electron chi connectivity index (χ0n) is 9.79. The zero-order valence-corrected chi connectivity index (χ0v) is 9.79. The van der Waals surface area contributed by atoms with Gasteiger partial charge in [0.2, 0.25) is 0 Å². The molecule has 15 heavy (non-hydrogen) atoms. The Morgan fingerprint density at radius 3 is 2.53 bits per heavy atom. The van der Waals surface area contributed by atoms with Crippen LogP contribution in [-0.4, -0.2) is 37.6 Å². The molecule has 0 saturated carbocycles. The van der Waals surface area contributed by atoms with E-state index in [0.717, 1.165) is 38.9 Å². The minimum atomic E-state index is -0.0467. The molecule has 0 unspecified atom stereocenters. The van der Waals surface area contributed by atoms with Gasteiger partial charge in [-0.25, -0.2) is 0 Å². The van der Waals surface area contributed by atoms with Crippen LogP contribution in [0.5, 0.6) is 0 Å². The minimum Gasteiger partial charge on any atom is -0.469 e. The fraction of sp³-hybridized carbons (Fsp3) is 0.750. The lowest BCUT2D eigenvalue weighted by atomic mass is 9.97. The number of likely N-dealkylation sites (tertiary alicyclic amines) is 1. The first kappa shape index (κ1) is 12.2. The fourth-order valence-corrected chi connectivity index (χ4v) is 1.91. The number of methoxy groups -OCH3 is 1. The predicted octanol–water partition coefficient (Wildman–Crippen LogP) is 1.84. The van der Waals surface area contributed by atoms with E-state index in [4.69, 9.17) is 4.74 Å². The van der Waals surface area contributed by atoms with Crippen LogP contribution in [0.1, 0.15) is 26.2 Å². The van der Waals surface area contributed by atoms with E-state index in [0.29, 0.717) is 0 Å². The molecule has 3 nitrogen and oxygen atoms in total. The van der Waals surface area contributed by atoms with Gasteiger partial charge < -0.3 is 9.64 Å². The van der Waals surface area contributed by atoms with Gasteiger partial charge in [-0.3, -0.25) is 4.79 Å². The Morgan fingerprint density at radius 2 is 2.07 bits per heavy atom. The highest BCUT2D eigenvalue weighted by Gasteiger charge is 2.24. The first-order valence-electron chi connectivity index (χ1n) is 5.58. The van der Waals surface area contributed by atoms with Crippen molar-refractivity contribution in [3.05, 3.63) is 12.2 Å². The lowest BCUT2D eigenvalue weighted by molar-refractivity contribution is -0.147. The molecular weight excluding hydrogens is 190 g/mol. The number of hydrogen-bond acceptors (Lipinski definition) is 3. The maximum absolute atomic E-state index is 11.3. The van der Waals surface area contributed by atoms with Gasteiger partial charge in [0, 0.05) is 6.54 Å². The molecule has 86 valence electrons. The molecule has 3 heteroatoms. The van der Waals surface area contributed by atoms with E-state index in [9.17, 15) is 4.79 Å². The van der Waals surface area contributed by atoms with E-state index in [1.165, 1.54) is 12.7 Å². The van der Waals surface area contributed by atoms with E-state index in [1.807, 2.05) is 0 Å². The highest BCUT2D eigenvalue weighted by Crippen LogP contribution is 2.18. The topological polar surface area (TPSA) is 29.5 Å². The van der Waals surface area contributed by atoms with Crippen LogP contribution in [-0.2, 0) is 9.53 Å². The summed E-state index contributed by atoms with van der Waals surface area (Å²) in [5.74, 6) is 0.0747. The SMILES string of the molecule is C=C(C)CCN1CCC(C(=O)OC)CC1. The molecule has 0 radical (unpaired) electrons. The van der Waals surface area contributed by atoms with Crippen molar-refractivity contribution in [1.82, 2.24) is 4.90 Å². The summed E-state index contributed by atoms with van der Waals surface area (Å²) >= 11 is 0. The molecule has 1 fully saturated rings. The molecular formula is C12H21NO2. The normalized spacial score (nSPS) is 18.8. The number of piperidine rings is 1. The summed E-state index contributed by atoms with van der Waals surface area (Å²) in [7, 11) is 1.47. The van der Waals surface area contributed by atoms with Gasteiger partial charge >= 0.3 is 5.97 Å². The predicted molar refractivity (Wildman–Crippen MR) is 60.6 cm³/mol. The number of carbonyl (C=O) groups is 1. The van der Waals surface area contributed by atoms with Gasteiger partial charge in [-0.05, 0) is 39.3 Å². The molecule has 0 aromatic carbocycles. The van der Waals surface area contributed by atoms with Crippen LogP contribution >= 0.6 is 0 Å². The van der Waals surface area contributed by atoms with Crippen LogP contribution in [0.4, 0.5) is 0 Å². The molecule has 0 spiro atoms.